The van der Waals surface area contributed by atoms with Gasteiger partial charge in [-0.15, -0.1) is 0 Å². The Kier molecular flexibility index (Phi) is 6.03. The van der Waals surface area contributed by atoms with Crippen LogP contribution in [0.25, 0.3) is 6.08 Å². The fraction of sp³-hybridized carbons (Fsp3) is 0.200. The summed E-state index contributed by atoms with van der Waals surface area (Å²) >= 11 is 6.68. The SMILES string of the molecule is CCOc1ccc(/C=C2\SC(=S)N(c3ccc(OC)cc3)C2=O)cc1OC. The predicted molar refractivity (Wildman–Crippen MR) is 113 cm³/mol. The van der Waals surface area contributed by atoms with Crippen LogP contribution in [0.5, 0.6) is 17.2 Å². The van der Waals surface area contributed by atoms with E-state index in [1.165, 1.54) is 16.7 Å². The molecule has 0 spiro atoms. The van der Waals surface area contributed by atoms with E-state index in [1.54, 1.807) is 32.4 Å². The number of benzene rings is 2. The average molecular weight is 402 g/mol. The van der Waals surface area contributed by atoms with Crippen LogP contribution in [-0.4, -0.2) is 31.1 Å². The number of nitrogens with zero attached hydrogens (tertiary/aromatic N) is 1. The molecule has 1 aliphatic rings. The second kappa shape index (κ2) is 8.45. The molecule has 2 aromatic carbocycles. The van der Waals surface area contributed by atoms with Gasteiger partial charge in [0.25, 0.3) is 5.91 Å². The van der Waals surface area contributed by atoms with Crippen molar-refractivity contribution in [3.8, 4) is 17.2 Å². The number of carbonyl (C=O) groups is 1. The summed E-state index contributed by atoms with van der Waals surface area (Å²) < 4.78 is 16.6. The lowest BCUT2D eigenvalue weighted by Gasteiger charge is -2.14. The number of thioether (sulfide) groups is 1. The average Bonchev–Trinajstić information content (AvgIpc) is 2.96. The van der Waals surface area contributed by atoms with Gasteiger partial charge >= 0.3 is 0 Å². The van der Waals surface area contributed by atoms with E-state index < -0.39 is 0 Å². The quantitative estimate of drug-likeness (QED) is 0.524. The molecule has 1 heterocycles. The lowest BCUT2D eigenvalue weighted by atomic mass is 10.2. The summed E-state index contributed by atoms with van der Waals surface area (Å²) in [5, 5.41) is 0. The van der Waals surface area contributed by atoms with Gasteiger partial charge in [-0.05, 0) is 55.0 Å². The first-order chi connectivity index (χ1) is 13.1. The molecule has 7 heteroatoms. The van der Waals surface area contributed by atoms with Gasteiger partial charge in [0, 0.05) is 0 Å². The van der Waals surface area contributed by atoms with Crippen molar-refractivity contribution >= 4 is 46.0 Å². The van der Waals surface area contributed by atoms with E-state index in [-0.39, 0.29) is 5.91 Å². The standard InChI is InChI=1S/C20H19NO4S2/c1-4-25-16-10-5-13(11-17(16)24-3)12-18-19(22)21(20(26)27-18)14-6-8-15(23-2)9-7-14/h5-12H,4H2,1-3H3/b18-12-. The largest absolute Gasteiger partial charge is 0.497 e. The lowest BCUT2D eigenvalue weighted by molar-refractivity contribution is -0.113. The molecule has 0 atom stereocenters. The normalized spacial score (nSPS) is 15.4. The number of anilines is 1. The Bertz CT molecular complexity index is 893. The minimum absolute atomic E-state index is 0.150. The fourth-order valence-corrected chi connectivity index (χ4v) is 3.92. The Balaban J connectivity index is 1.87. The molecule has 1 amide bonds. The molecule has 1 aliphatic heterocycles. The molecule has 0 N–H and O–H groups in total. The zero-order valence-corrected chi connectivity index (χ0v) is 16.9. The molecular formula is C20H19NO4S2. The Morgan fingerprint density at radius 2 is 1.81 bits per heavy atom. The van der Waals surface area contributed by atoms with Crippen molar-refractivity contribution in [1.29, 1.82) is 0 Å². The molecule has 1 saturated heterocycles. The summed E-state index contributed by atoms with van der Waals surface area (Å²) in [6, 6.07) is 12.8. The van der Waals surface area contributed by atoms with Crippen molar-refractivity contribution in [3.63, 3.8) is 0 Å². The molecule has 140 valence electrons. The van der Waals surface area contributed by atoms with Crippen molar-refractivity contribution in [2.75, 3.05) is 25.7 Å². The molecule has 0 saturated carbocycles. The monoisotopic (exact) mass is 401 g/mol. The maximum Gasteiger partial charge on any atom is 0.270 e. The van der Waals surface area contributed by atoms with E-state index in [9.17, 15) is 4.79 Å². The second-order valence-corrected chi connectivity index (χ2v) is 7.23. The van der Waals surface area contributed by atoms with Crippen molar-refractivity contribution in [1.82, 2.24) is 0 Å². The highest BCUT2D eigenvalue weighted by atomic mass is 32.2. The van der Waals surface area contributed by atoms with Crippen molar-refractivity contribution in [2.45, 2.75) is 6.92 Å². The highest BCUT2D eigenvalue weighted by Crippen LogP contribution is 2.37. The molecule has 0 radical (unpaired) electrons. The van der Waals surface area contributed by atoms with Crippen LogP contribution in [0.15, 0.2) is 47.4 Å². The van der Waals surface area contributed by atoms with Gasteiger partial charge < -0.3 is 14.2 Å². The fourth-order valence-electron chi connectivity index (χ4n) is 2.62. The van der Waals surface area contributed by atoms with E-state index in [2.05, 4.69) is 0 Å². The van der Waals surface area contributed by atoms with Crippen LogP contribution in [0.1, 0.15) is 12.5 Å². The summed E-state index contributed by atoms with van der Waals surface area (Å²) in [7, 11) is 3.19. The molecule has 0 unspecified atom stereocenters. The molecule has 0 aromatic heterocycles. The molecule has 0 aliphatic carbocycles. The van der Waals surface area contributed by atoms with Crippen molar-refractivity contribution in [3.05, 3.63) is 52.9 Å². The number of methoxy groups -OCH3 is 2. The maximum absolute atomic E-state index is 12.9. The molecule has 5 nitrogen and oxygen atoms in total. The van der Waals surface area contributed by atoms with E-state index in [1.807, 2.05) is 37.3 Å². The summed E-state index contributed by atoms with van der Waals surface area (Å²) in [4.78, 5) is 14.9. The number of hydrogen-bond donors (Lipinski definition) is 0. The van der Waals surface area contributed by atoms with E-state index >= 15 is 0 Å². The Labute approximate surface area is 167 Å². The smallest absolute Gasteiger partial charge is 0.270 e. The Morgan fingerprint density at radius 3 is 2.44 bits per heavy atom. The lowest BCUT2D eigenvalue weighted by Crippen LogP contribution is -2.27. The third-order valence-electron chi connectivity index (χ3n) is 3.91. The minimum atomic E-state index is -0.150. The maximum atomic E-state index is 12.9. The zero-order valence-electron chi connectivity index (χ0n) is 15.2. The van der Waals surface area contributed by atoms with E-state index in [4.69, 9.17) is 26.4 Å². The van der Waals surface area contributed by atoms with Crippen molar-refractivity contribution < 1.29 is 19.0 Å². The predicted octanol–water partition coefficient (Wildman–Crippen LogP) is 4.51. The second-order valence-electron chi connectivity index (χ2n) is 5.56. The topological polar surface area (TPSA) is 48.0 Å². The highest BCUT2D eigenvalue weighted by molar-refractivity contribution is 8.27. The molecule has 1 fully saturated rings. The molecule has 2 aromatic rings. The van der Waals surface area contributed by atoms with Gasteiger partial charge in [-0.25, -0.2) is 0 Å². The first-order valence-electron chi connectivity index (χ1n) is 8.30. The van der Waals surface area contributed by atoms with Gasteiger partial charge in [-0.2, -0.15) is 0 Å². The molecule has 27 heavy (non-hydrogen) atoms. The first-order valence-corrected chi connectivity index (χ1v) is 9.52. The van der Waals surface area contributed by atoms with Crippen LogP contribution in [0.4, 0.5) is 5.69 Å². The third kappa shape index (κ3) is 4.09. The van der Waals surface area contributed by atoms with Gasteiger partial charge in [0.2, 0.25) is 0 Å². The molecule has 3 rings (SSSR count). The van der Waals surface area contributed by atoms with E-state index in [0.717, 1.165) is 11.3 Å². The summed E-state index contributed by atoms with van der Waals surface area (Å²) in [5.41, 5.74) is 1.55. The number of ether oxygens (including phenoxy) is 3. The number of thiocarbonyl (C=S) groups is 1. The number of rotatable bonds is 6. The number of hydrogen-bond acceptors (Lipinski definition) is 6. The minimum Gasteiger partial charge on any atom is -0.497 e. The first kappa shape index (κ1) is 19.3. The molecule has 0 bridgehead atoms. The number of amides is 1. The highest BCUT2D eigenvalue weighted by Gasteiger charge is 2.33. The van der Waals surface area contributed by atoms with Crippen LogP contribution in [-0.2, 0) is 4.79 Å². The summed E-state index contributed by atoms with van der Waals surface area (Å²) in [6.07, 6.45) is 1.81. The van der Waals surface area contributed by atoms with Crippen LogP contribution in [0, 0.1) is 0 Å². The summed E-state index contributed by atoms with van der Waals surface area (Å²) in [5.74, 6) is 1.86. The van der Waals surface area contributed by atoms with Crippen LogP contribution >= 0.6 is 24.0 Å². The zero-order chi connectivity index (χ0) is 19.4. The van der Waals surface area contributed by atoms with Gasteiger partial charge in [-0.1, -0.05) is 30.0 Å². The third-order valence-corrected chi connectivity index (χ3v) is 5.21. The van der Waals surface area contributed by atoms with Crippen molar-refractivity contribution in [2.24, 2.45) is 0 Å². The Morgan fingerprint density at radius 1 is 1.07 bits per heavy atom. The molecular weight excluding hydrogens is 382 g/mol. The summed E-state index contributed by atoms with van der Waals surface area (Å²) in [6.45, 7) is 2.47. The van der Waals surface area contributed by atoms with Gasteiger partial charge in [0.05, 0.1) is 31.4 Å². The van der Waals surface area contributed by atoms with Crippen LogP contribution < -0.4 is 19.1 Å². The van der Waals surface area contributed by atoms with Gasteiger partial charge in [-0.3, -0.25) is 9.69 Å². The number of carbonyl (C=O) groups excluding carboxylic acids is 1. The van der Waals surface area contributed by atoms with E-state index in [0.29, 0.717) is 33.0 Å². The van der Waals surface area contributed by atoms with Gasteiger partial charge in [0.1, 0.15) is 5.75 Å². The Hall–Kier alpha value is -2.51. The van der Waals surface area contributed by atoms with Crippen LogP contribution in [0.2, 0.25) is 0 Å². The van der Waals surface area contributed by atoms with Crippen LogP contribution in [0.3, 0.4) is 0 Å². The van der Waals surface area contributed by atoms with Gasteiger partial charge in [0.15, 0.2) is 15.8 Å².